The minimum absolute atomic E-state index is 0.342. The Kier molecular flexibility index (Phi) is 5.40. The molecule has 0 aliphatic carbocycles. The summed E-state index contributed by atoms with van der Waals surface area (Å²) in [6.07, 6.45) is 7.62. The fraction of sp³-hybridized carbons (Fsp3) is 1.00. The predicted octanol–water partition coefficient (Wildman–Crippen LogP) is 2.02. The summed E-state index contributed by atoms with van der Waals surface area (Å²) in [5.74, 6) is 0. The molecule has 1 fully saturated rings. The van der Waals surface area contributed by atoms with E-state index in [4.69, 9.17) is 5.11 Å². The van der Waals surface area contributed by atoms with Gasteiger partial charge in [-0.05, 0) is 38.8 Å². The molecule has 1 heterocycles. The highest BCUT2D eigenvalue weighted by atomic mass is 16.3. The Morgan fingerprint density at radius 3 is 2.23 bits per heavy atom. The molecule has 2 heteroatoms. The van der Waals surface area contributed by atoms with Gasteiger partial charge in [-0.1, -0.05) is 19.8 Å². The lowest BCUT2D eigenvalue weighted by atomic mass is 10.1. The van der Waals surface area contributed by atoms with Crippen LogP contribution in [0.4, 0.5) is 0 Å². The van der Waals surface area contributed by atoms with E-state index in [0.29, 0.717) is 12.6 Å². The highest BCUT2D eigenvalue weighted by Gasteiger charge is 2.16. The lowest BCUT2D eigenvalue weighted by molar-refractivity contribution is 0.157. The van der Waals surface area contributed by atoms with Crippen LogP contribution in [0.2, 0.25) is 0 Å². The zero-order valence-corrected chi connectivity index (χ0v) is 8.84. The van der Waals surface area contributed by atoms with Crippen LogP contribution in [0.5, 0.6) is 0 Å². The molecule has 2 nitrogen and oxygen atoms in total. The molecule has 78 valence electrons. The number of nitrogens with zero attached hydrogens (tertiary/aromatic N) is 1. The Balaban J connectivity index is 2.35. The maximum atomic E-state index is 8.94. The van der Waals surface area contributed by atoms with E-state index in [1.54, 1.807) is 0 Å². The van der Waals surface area contributed by atoms with Crippen molar-refractivity contribution >= 4 is 0 Å². The molecule has 0 aromatic carbocycles. The summed E-state index contributed by atoms with van der Waals surface area (Å²) in [7, 11) is 0. The maximum Gasteiger partial charge on any atom is 0.0445 e. The van der Waals surface area contributed by atoms with Gasteiger partial charge in [0.05, 0.1) is 0 Å². The molecule has 0 radical (unpaired) electrons. The Morgan fingerprint density at radius 2 is 1.77 bits per heavy atom. The van der Waals surface area contributed by atoms with E-state index in [1.165, 1.54) is 45.2 Å². The topological polar surface area (TPSA) is 23.5 Å². The van der Waals surface area contributed by atoms with Crippen LogP contribution in [-0.4, -0.2) is 35.7 Å². The second-order valence-corrected chi connectivity index (χ2v) is 4.02. The summed E-state index contributed by atoms with van der Waals surface area (Å²) in [6, 6.07) is 0.628. The molecule has 1 unspecified atom stereocenters. The minimum atomic E-state index is 0.342. The van der Waals surface area contributed by atoms with Gasteiger partial charge in [-0.2, -0.15) is 0 Å². The van der Waals surface area contributed by atoms with Gasteiger partial charge < -0.3 is 10.0 Å². The molecule has 1 N–H and O–H groups in total. The summed E-state index contributed by atoms with van der Waals surface area (Å²) in [6.45, 7) is 5.07. The summed E-state index contributed by atoms with van der Waals surface area (Å²) in [5.41, 5.74) is 0. The molecule has 1 aliphatic rings. The van der Waals surface area contributed by atoms with Gasteiger partial charge >= 0.3 is 0 Å². The highest BCUT2D eigenvalue weighted by Crippen LogP contribution is 2.15. The lowest BCUT2D eigenvalue weighted by Gasteiger charge is -2.29. The van der Waals surface area contributed by atoms with Crippen LogP contribution in [0.25, 0.3) is 0 Å². The fourth-order valence-corrected chi connectivity index (χ4v) is 2.25. The predicted molar refractivity (Wildman–Crippen MR) is 55.8 cm³/mol. The monoisotopic (exact) mass is 185 g/mol. The SMILES string of the molecule is CCC(CCO)N1CCCCCC1. The summed E-state index contributed by atoms with van der Waals surface area (Å²) >= 11 is 0. The molecule has 1 atom stereocenters. The first-order chi connectivity index (χ1) is 6.38. The van der Waals surface area contributed by atoms with Crippen LogP contribution < -0.4 is 0 Å². The summed E-state index contributed by atoms with van der Waals surface area (Å²) in [4.78, 5) is 2.57. The van der Waals surface area contributed by atoms with Crippen LogP contribution in [-0.2, 0) is 0 Å². The fourth-order valence-electron chi connectivity index (χ4n) is 2.25. The first kappa shape index (κ1) is 11.0. The van der Waals surface area contributed by atoms with Gasteiger partial charge in [0.2, 0.25) is 0 Å². The van der Waals surface area contributed by atoms with Crippen LogP contribution in [0.15, 0.2) is 0 Å². The van der Waals surface area contributed by atoms with Crippen molar-refractivity contribution in [1.82, 2.24) is 4.90 Å². The van der Waals surface area contributed by atoms with Crippen molar-refractivity contribution in [2.24, 2.45) is 0 Å². The van der Waals surface area contributed by atoms with Gasteiger partial charge in [0.15, 0.2) is 0 Å². The van der Waals surface area contributed by atoms with E-state index in [0.717, 1.165) is 6.42 Å². The molecule has 0 bridgehead atoms. The standard InChI is InChI=1S/C11H23NO/c1-2-11(7-10-13)12-8-5-3-4-6-9-12/h11,13H,2-10H2,1H3. The molecule has 0 spiro atoms. The van der Waals surface area contributed by atoms with Gasteiger partial charge in [-0.3, -0.25) is 0 Å². The normalized spacial score (nSPS) is 22.6. The third kappa shape index (κ3) is 3.65. The third-order valence-electron chi connectivity index (χ3n) is 3.09. The number of rotatable bonds is 4. The number of hydrogen-bond donors (Lipinski definition) is 1. The molecule has 1 saturated heterocycles. The van der Waals surface area contributed by atoms with Gasteiger partial charge in [0.25, 0.3) is 0 Å². The average Bonchev–Trinajstić information content (AvgIpc) is 2.42. The smallest absolute Gasteiger partial charge is 0.0445 e. The van der Waals surface area contributed by atoms with Crippen molar-refractivity contribution in [3.63, 3.8) is 0 Å². The van der Waals surface area contributed by atoms with Crippen LogP contribution in [0.3, 0.4) is 0 Å². The Hall–Kier alpha value is -0.0800. The van der Waals surface area contributed by atoms with E-state index in [9.17, 15) is 0 Å². The second kappa shape index (κ2) is 6.39. The molecule has 13 heavy (non-hydrogen) atoms. The lowest BCUT2D eigenvalue weighted by Crippen LogP contribution is -2.36. The molecule has 0 saturated carbocycles. The van der Waals surface area contributed by atoms with E-state index in [2.05, 4.69) is 11.8 Å². The van der Waals surface area contributed by atoms with Crippen molar-refractivity contribution in [2.75, 3.05) is 19.7 Å². The third-order valence-corrected chi connectivity index (χ3v) is 3.09. The van der Waals surface area contributed by atoms with Crippen molar-refractivity contribution < 1.29 is 5.11 Å². The van der Waals surface area contributed by atoms with Gasteiger partial charge in [-0.15, -0.1) is 0 Å². The maximum absolute atomic E-state index is 8.94. The number of aliphatic hydroxyl groups excluding tert-OH is 1. The Morgan fingerprint density at radius 1 is 1.15 bits per heavy atom. The highest BCUT2D eigenvalue weighted by molar-refractivity contribution is 4.72. The average molecular weight is 185 g/mol. The van der Waals surface area contributed by atoms with Crippen molar-refractivity contribution in [3.05, 3.63) is 0 Å². The van der Waals surface area contributed by atoms with Gasteiger partial charge in [0, 0.05) is 12.6 Å². The minimum Gasteiger partial charge on any atom is -0.396 e. The van der Waals surface area contributed by atoms with Gasteiger partial charge in [-0.25, -0.2) is 0 Å². The van der Waals surface area contributed by atoms with Crippen molar-refractivity contribution in [3.8, 4) is 0 Å². The zero-order chi connectivity index (χ0) is 9.52. The summed E-state index contributed by atoms with van der Waals surface area (Å²) < 4.78 is 0. The van der Waals surface area contributed by atoms with Crippen LogP contribution in [0.1, 0.15) is 45.4 Å². The van der Waals surface area contributed by atoms with E-state index in [1.807, 2.05) is 0 Å². The molecule has 1 rings (SSSR count). The molecule has 0 aromatic rings. The van der Waals surface area contributed by atoms with E-state index >= 15 is 0 Å². The Bertz CT molecular complexity index is 119. The Labute approximate surface area is 81.9 Å². The largest absolute Gasteiger partial charge is 0.396 e. The van der Waals surface area contributed by atoms with Gasteiger partial charge in [0.1, 0.15) is 0 Å². The van der Waals surface area contributed by atoms with Crippen molar-refractivity contribution in [1.29, 1.82) is 0 Å². The van der Waals surface area contributed by atoms with E-state index in [-0.39, 0.29) is 0 Å². The number of hydrogen-bond acceptors (Lipinski definition) is 2. The van der Waals surface area contributed by atoms with E-state index < -0.39 is 0 Å². The molecule has 0 aromatic heterocycles. The number of likely N-dealkylation sites (tertiary alicyclic amines) is 1. The summed E-state index contributed by atoms with van der Waals surface area (Å²) in [5, 5.41) is 8.94. The second-order valence-electron chi connectivity index (χ2n) is 4.02. The van der Waals surface area contributed by atoms with Crippen molar-refractivity contribution in [2.45, 2.75) is 51.5 Å². The molecule has 0 amide bonds. The number of aliphatic hydroxyl groups is 1. The first-order valence-corrected chi connectivity index (χ1v) is 5.73. The van der Waals surface area contributed by atoms with Crippen LogP contribution >= 0.6 is 0 Å². The molecular formula is C11H23NO. The first-order valence-electron chi connectivity index (χ1n) is 5.73. The zero-order valence-electron chi connectivity index (χ0n) is 8.84. The quantitative estimate of drug-likeness (QED) is 0.724. The molecular weight excluding hydrogens is 162 g/mol. The molecule has 1 aliphatic heterocycles. The van der Waals surface area contributed by atoms with Crippen LogP contribution in [0, 0.1) is 0 Å².